The van der Waals surface area contributed by atoms with E-state index in [1.165, 1.54) is 0 Å². The molecule has 3 saturated heterocycles. The van der Waals surface area contributed by atoms with Crippen molar-refractivity contribution in [3.63, 3.8) is 0 Å². The normalized spacial score (nSPS) is 41.1. The molecule has 0 aromatic heterocycles. The number of aliphatic hydroxyl groups excluding tert-OH is 3. The van der Waals surface area contributed by atoms with E-state index in [2.05, 4.69) is 0 Å². The fourth-order valence-corrected chi connectivity index (χ4v) is 3.35. The van der Waals surface area contributed by atoms with Crippen LogP contribution in [-0.4, -0.2) is 47.0 Å². The summed E-state index contributed by atoms with van der Waals surface area (Å²) in [4.78, 5) is 0. The van der Waals surface area contributed by atoms with Crippen LogP contribution < -0.4 is 0 Å². The van der Waals surface area contributed by atoms with Gasteiger partial charge in [0.1, 0.15) is 6.10 Å². The number of rotatable bonds is 4. The van der Waals surface area contributed by atoms with Crippen molar-refractivity contribution in [2.24, 2.45) is 5.41 Å². The van der Waals surface area contributed by atoms with E-state index in [1.54, 1.807) is 6.92 Å². The van der Waals surface area contributed by atoms with E-state index in [9.17, 15) is 15.3 Å². The molecule has 3 N–H and O–H groups in total. The summed E-state index contributed by atoms with van der Waals surface area (Å²) >= 11 is 0. The highest BCUT2D eigenvalue weighted by Gasteiger charge is 2.72. The summed E-state index contributed by atoms with van der Waals surface area (Å²) < 4.78 is 15.9. The van der Waals surface area contributed by atoms with Crippen molar-refractivity contribution in [1.29, 1.82) is 0 Å². The zero-order chi connectivity index (χ0) is 10.4. The Morgan fingerprint density at radius 1 is 1.21 bits per heavy atom. The molecule has 0 saturated carbocycles. The highest BCUT2D eigenvalue weighted by Crippen LogP contribution is 2.72. The Balaban J connectivity index is 2.27. The van der Waals surface area contributed by atoms with Gasteiger partial charge in [-0.1, -0.05) is 0 Å². The molecule has 14 heavy (non-hydrogen) atoms. The zero-order valence-electron chi connectivity index (χ0n) is 7.71. The molecular formula is C7H13O6P. The molecule has 0 aliphatic carbocycles. The first kappa shape index (κ1) is 10.7. The van der Waals surface area contributed by atoms with Gasteiger partial charge in [0.15, 0.2) is 0 Å². The lowest BCUT2D eigenvalue weighted by Crippen LogP contribution is -2.62. The fourth-order valence-electron chi connectivity index (χ4n) is 1.72. The second-order valence-corrected chi connectivity index (χ2v) is 4.60. The van der Waals surface area contributed by atoms with Gasteiger partial charge < -0.3 is 19.8 Å². The zero-order valence-corrected chi connectivity index (χ0v) is 8.61. The predicted molar refractivity (Wildman–Crippen MR) is 46.1 cm³/mol. The topological polar surface area (TPSA) is 88.4 Å². The van der Waals surface area contributed by atoms with Crippen LogP contribution in [0.15, 0.2) is 0 Å². The minimum atomic E-state index is -1.32. The van der Waals surface area contributed by atoms with Gasteiger partial charge in [0.25, 0.3) is 0 Å². The second-order valence-electron chi connectivity index (χ2n) is 3.58. The lowest BCUT2D eigenvalue weighted by atomic mass is 9.78. The Morgan fingerprint density at radius 2 is 1.71 bits per heavy atom. The molecule has 1 unspecified atom stereocenters. The molecule has 3 aliphatic rings. The van der Waals surface area contributed by atoms with Crippen LogP contribution in [0.2, 0.25) is 0 Å². The third kappa shape index (κ3) is 1.05. The van der Waals surface area contributed by atoms with Crippen LogP contribution in [0.5, 0.6) is 0 Å². The highest BCUT2D eigenvalue weighted by molar-refractivity contribution is 7.43. The molecule has 0 radical (unpaired) electrons. The van der Waals surface area contributed by atoms with E-state index < -0.39 is 39.6 Å². The van der Waals surface area contributed by atoms with Crippen LogP contribution >= 0.6 is 8.60 Å². The third-order valence-corrected chi connectivity index (χ3v) is 4.18. The molecular weight excluding hydrogens is 211 g/mol. The number of fused-ring (bicyclic) bond motifs is 1. The first-order chi connectivity index (χ1) is 6.64. The van der Waals surface area contributed by atoms with Gasteiger partial charge in [-0.2, -0.15) is 0 Å². The van der Waals surface area contributed by atoms with Gasteiger partial charge in [0.2, 0.25) is 5.79 Å². The average molecular weight is 224 g/mol. The smallest absolute Gasteiger partial charge is 0.338 e. The van der Waals surface area contributed by atoms with E-state index in [0.717, 1.165) is 0 Å². The Hall–Kier alpha value is 0.190. The molecule has 0 aromatic carbocycles. The molecule has 0 amide bonds. The van der Waals surface area contributed by atoms with Gasteiger partial charge in [0, 0.05) is 0 Å². The van der Waals surface area contributed by atoms with E-state index in [1.807, 2.05) is 0 Å². The van der Waals surface area contributed by atoms with Gasteiger partial charge in [-0.15, -0.1) is 0 Å². The van der Waals surface area contributed by atoms with Gasteiger partial charge in [-0.25, -0.2) is 0 Å². The maximum absolute atomic E-state index is 9.22. The van der Waals surface area contributed by atoms with Crippen molar-refractivity contribution >= 4 is 8.60 Å². The summed E-state index contributed by atoms with van der Waals surface area (Å²) in [6.45, 7) is 0.468. The van der Waals surface area contributed by atoms with Crippen molar-refractivity contribution in [3.05, 3.63) is 0 Å². The first-order valence-electron chi connectivity index (χ1n) is 4.32. The molecule has 3 aliphatic heterocycles. The van der Waals surface area contributed by atoms with E-state index >= 15 is 0 Å². The predicted octanol–water partition coefficient (Wildman–Crippen LogP) is -0.662. The number of hydrogen-bond acceptors (Lipinski definition) is 6. The number of aliphatic hydroxyl groups is 3. The van der Waals surface area contributed by atoms with Crippen LogP contribution in [-0.2, 0) is 13.6 Å². The van der Waals surface area contributed by atoms with Gasteiger partial charge in [-0.3, -0.25) is 9.05 Å². The van der Waals surface area contributed by atoms with Crippen molar-refractivity contribution < 1.29 is 28.9 Å². The first-order valence-corrected chi connectivity index (χ1v) is 5.41. The van der Waals surface area contributed by atoms with Gasteiger partial charge >= 0.3 is 8.60 Å². The molecule has 3 rings (SSSR count). The molecule has 3 fully saturated rings. The summed E-state index contributed by atoms with van der Waals surface area (Å²) in [5, 5.41) is 27.6. The minimum Gasteiger partial charge on any atom is -0.395 e. The van der Waals surface area contributed by atoms with Crippen LogP contribution in [0, 0.1) is 5.41 Å². The Labute approximate surface area is 82.4 Å². The van der Waals surface area contributed by atoms with Gasteiger partial charge in [-0.05, 0) is 6.92 Å². The molecule has 0 spiro atoms. The van der Waals surface area contributed by atoms with E-state index in [0.29, 0.717) is 0 Å². The Kier molecular flexibility index (Phi) is 2.56. The third-order valence-electron chi connectivity index (χ3n) is 2.85. The number of hydrogen-bond donors (Lipinski definition) is 3. The maximum Gasteiger partial charge on any atom is 0.338 e. The molecule has 3 heterocycles. The summed E-state index contributed by atoms with van der Waals surface area (Å²) in [6, 6.07) is 0. The molecule has 82 valence electrons. The van der Waals surface area contributed by atoms with E-state index in [4.69, 9.17) is 13.6 Å². The highest BCUT2D eigenvalue weighted by atomic mass is 31.2. The van der Waals surface area contributed by atoms with Crippen LogP contribution in [0.1, 0.15) is 6.92 Å². The van der Waals surface area contributed by atoms with Crippen molar-refractivity contribution in [2.75, 3.05) is 19.8 Å². The Bertz CT molecular complexity index is 216. The maximum atomic E-state index is 9.22. The summed E-state index contributed by atoms with van der Waals surface area (Å²) in [5.74, 6) is -1.18. The standard InChI is InChI=1S/C7H13O6P/c1-5-7(12-14(11-5)13-7)6(2-8,3-9)4-10/h5,8-10H,2-4H2,1H3. The quantitative estimate of drug-likeness (QED) is 0.549. The average Bonchev–Trinajstić information content (AvgIpc) is 2.62. The summed E-state index contributed by atoms with van der Waals surface area (Å²) in [6.07, 6.45) is -0.389. The van der Waals surface area contributed by atoms with E-state index in [-0.39, 0.29) is 6.10 Å². The second kappa shape index (κ2) is 3.35. The van der Waals surface area contributed by atoms with Crippen LogP contribution in [0.3, 0.4) is 0 Å². The van der Waals surface area contributed by atoms with Crippen molar-refractivity contribution in [1.82, 2.24) is 0 Å². The van der Waals surface area contributed by atoms with Crippen LogP contribution in [0.4, 0.5) is 0 Å². The molecule has 0 aromatic rings. The minimum absolute atomic E-state index is 0.389. The molecule has 1 atom stereocenters. The monoisotopic (exact) mass is 224 g/mol. The summed E-state index contributed by atoms with van der Waals surface area (Å²) in [5.41, 5.74) is -1.21. The largest absolute Gasteiger partial charge is 0.395 e. The lowest BCUT2D eigenvalue weighted by molar-refractivity contribution is -0.276. The lowest BCUT2D eigenvalue weighted by Gasteiger charge is -2.47. The Morgan fingerprint density at radius 3 is 2.00 bits per heavy atom. The van der Waals surface area contributed by atoms with Crippen LogP contribution in [0.25, 0.3) is 0 Å². The summed E-state index contributed by atoms with van der Waals surface area (Å²) in [7, 11) is -1.32. The fraction of sp³-hybridized carbons (Fsp3) is 1.00. The van der Waals surface area contributed by atoms with Gasteiger partial charge in [0.05, 0.1) is 25.2 Å². The molecule has 7 heteroatoms. The molecule has 6 nitrogen and oxygen atoms in total. The SMILES string of the molecule is CC1OP2OC1(C(CO)(CO)CO)O2. The van der Waals surface area contributed by atoms with Crippen molar-refractivity contribution in [2.45, 2.75) is 18.8 Å². The van der Waals surface area contributed by atoms with Crippen molar-refractivity contribution in [3.8, 4) is 0 Å². The molecule has 2 bridgehead atoms.